The van der Waals surface area contributed by atoms with E-state index in [-0.39, 0.29) is 11.6 Å². The lowest BCUT2D eigenvalue weighted by Crippen LogP contribution is -1.81. The van der Waals surface area contributed by atoms with Crippen molar-refractivity contribution < 1.29 is 9.52 Å². The number of nitrogens with zero attached hydrogens (tertiary/aromatic N) is 2. The molecular weight excluding hydrogens is 288 g/mol. The molecule has 0 fully saturated rings. The Bertz CT molecular complexity index is 873. The van der Waals surface area contributed by atoms with Crippen molar-refractivity contribution >= 4 is 34.3 Å². The van der Waals surface area contributed by atoms with Crippen molar-refractivity contribution in [2.45, 2.75) is 0 Å². The second-order valence-corrected chi connectivity index (χ2v) is 4.83. The van der Waals surface area contributed by atoms with Gasteiger partial charge in [-0.3, -0.25) is 0 Å². The Morgan fingerprint density at radius 2 is 2.00 bits per heavy atom. The van der Waals surface area contributed by atoms with E-state index in [0.717, 1.165) is 5.56 Å². The predicted molar refractivity (Wildman–Crippen MR) is 80.6 cm³/mol. The topological polar surface area (TPSA) is 70.0 Å². The third kappa shape index (κ3) is 2.73. The van der Waals surface area contributed by atoms with Crippen LogP contribution in [0.2, 0.25) is 5.02 Å². The standard InChI is InChI=1S/C16H9ClN2O2/c17-12-3-6-15-14(8-12)19-16(21-15)11(9-18)7-10-1-4-13(20)5-2-10/h1-8,20H/b11-7+. The van der Waals surface area contributed by atoms with Gasteiger partial charge in [0, 0.05) is 5.02 Å². The van der Waals surface area contributed by atoms with Gasteiger partial charge in [-0.25, -0.2) is 4.98 Å². The predicted octanol–water partition coefficient (Wildman–Crippen LogP) is 4.25. The molecule has 0 amide bonds. The van der Waals surface area contributed by atoms with Gasteiger partial charge in [-0.2, -0.15) is 5.26 Å². The minimum absolute atomic E-state index is 0.169. The number of hydrogen-bond acceptors (Lipinski definition) is 4. The lowest BCUT2D eigenvalue weighted by Gasteiger charge is -1.95. The van der Waals surface area contributed by atoms with E-state index in [4.69, 9.17) is 16.0 Å². The van der Waals surface area contributed by atoms with Crippen molar-refractivity contribution in [1.29, 1.82) is 5.26 Å². The van der Waals surface area contributed by atoms with Gasteiger partial charge in [-0.1, -0.05) is 23.7 Å². The van der Waals surface area contributed by atoms with Crippen molar-refractivity contribution in [3.8, 4) is 11.8 Å². The highest BCUT2D eigenvalue weighted by Gasteiger charge is 2.11. The Hall–Kier alpha value is -2.77. The molecule has 0 radical (unpaired) electrons. The summed E-state index contributed by atoms with van der Waals surface area (Å²) in [5.41, 5.74) is 2.24. The SMILES string of the molecule is N#C/C(=C\c1ccc(O)cc1)c1nc2cc(Cl)ccc2o1. The zero-order valence-corrected chi connectivity index (χ0v) is 11.5. The number of aromatic nitrogens is 1. The average molecular weight is 297 g/mol. The van der Waals surface area contributed by atoms with E-state index in [1.54, 1.807) is 48.5 Å². The number of phenolic OH excluding ortho intramolecular Hbond substituents is 1. The number of phenols is 1. The fraction of sp³-hybridized carbons (Fsp3) is 0. The van der Waals surface area contributed by atoms with Crippen LogP contribution in [0.15, 0.2) is 46.9 Å². The molecule has 0 aliphatic heterocycles. The van der Waals surface area contributed by atoms with Gasteiger partial charge in [0.1, 0.15) is 22.9 Å². The maximum absolute atomic E-state index is 9.28. The maximum atomic E-state index is 9.28. The molecule has 0 atom stereocenters. The van der Waals surface area contributed by atoms with Crippen LogP contribution in [0.3, 0.4) is 0 Å². The average Bonchev–Trinajstić information content (AvgIpc) is 2.89. The molecule has 21 heavy (non-hydrogen) atoms. The van der Waals surface area contributed by atoms with E-state index in [0.29, 0.717) is 21.7 Å². The number of fused-ring (bicyclic) bond motifs is 1. The lowest BCUT2D eigenvalue weighted by molar-refractivity contribution is 0.475. The summed E-state index contributed by atoms with van der Waals surface area (Å²) in [5, 5.41) is 19.1. The Labute approximate surface area is 125 Å². The summed E-state index contributed by atoms with van der Waals surface area (Å²) < 4.78 is 5.56. The van der Waals surface area contributed by atoms with Gasteiger partial charge < -0.3 is 9.52 Å². The summed E-state index contributed by atoms with van der Waals surface area (Å²) in [6.45, 7) is 0. The normalized spacial score (nSPS) is 11.5. The number of oxazole rings is 1. The third-order valence-electron chi connectivity index (χ3n) is 2.90. The molecule has 0 saturated carbocycles. The summed E-state index contributed by atoms with van der Waals surface area (Å²) in [4.78, 5) is 4.27. The van der Waals surface area contributed by atoms with Gasteiger partial charge in [0.15, 0.2) is 5.58 Å². The molecule has 0 aliphatic carbocycles. The minimum atomic E-state index is 0.169. The molecule has 1 heterocycles. The van der Waals surface area contributed by atoms with Crippen LogP contribution in [0.25, 0.3) is 22.7 Å². The fourth-order valence-electron chi connectivity index (χ4n) is 1.89. The van der Waals surface area contributed by atoms with Crippen molar-refractivity contribution in [1.82, 2.24) is 4.98 Å². The molecule has 1 aromatic heterocycles. The Kier molecular flexibility index (Phi) is 3.35. The van der Waals surface area contributed by atoms with Crippen LogP contribution < -0.4 is 0 Å². The first-order chi connectivity index (χ1) is 10.2. The van der Waals surface area contributed by atoms with Crippen LogP contribution in [0.1, 0.15) is 11.5 Å². The van der Waals surface area contributed by atoms with E-state index in [1.807, 2.05) is 0 Å². The van der Waals surface area contributed by atoms with Gasteiger partial charge in [0.05, 0.1) is 0 Å². The number of hydrogen-bond donors (Lipinski definition) is 1. The first kappa shape index (κ1) is 13.2. The summed E-state index contributed by atoms with van der Waals surface area (Å²) in [7, 11) is 0. The van der Waals surface area contributed by atoms with Crippen LogP contribution in [-0.2, 0) is 0 Å². The highest BCUT2D eigenvalue weighted by Crippen LogP contribution is 2.25. The quantitative estimate of drug-likeness (QED) is 0.718. The summed E-state index contributed by atoms with van der Waals surface area (Å²) in [5.74, 6) is 0.407. The third-order valence-corrected chi connectivity index (χ3v) is 3.14. The summed E-state index contributed by atoms with van der Waals surface area (Å²) in [6, 6.07) is 13.7. The van der Waals surface area contributed by atoms with Gasteiger partial charge in [-0.15, -0.1) is 0 Å². The second-order valence-electron chi connectivity index (χ2n) is 4.39. The van der Waals surface area contributed by atoms with Gasteiger partial charge in [0.2, 0.25) is 5.89 Å². The first-order valence-electron chi connectivity index (χ1n) is 6.13. The molecule has 102 valence electrons. The maximum Gasteiger partial charge on any atom is 0.238 e. The molecule has 3 rings (SSSR count). The summed E-state index contributed by atoms with van der Waals surface area (Å²) in [6.07, 6.45) is 1.64. The highest BCUT2D eigenvalue weighted by atomic mass is 35.5. The molecule has 2 aromatic carbocycles. The number of allylic oxidation sites excluding steroid dienone is 1. The van der Waals surface area contributed by atoms with Crippen LogP contribution in [-0.4, -0.2) is 10.1 Å². The Morgan fingerprint density at radius 1 is 1.24 bits per heavy atom. The number of aromatic hydroxyl groups is 1. The highest BCUT2D eigenvalue weighted by molar-refractivity contribution is 6.31. The van der Waals surface area contributed by atoms with Crippen LogP contribution in [0.4, 0.5) is 0 Å². The monoisotopic (exact) mass is 296 g/mol. The van der Waals surface area contributed by atoms with Crippen molar-refractivity contribution in [3.05, 3.63) is 58.9 Å². The fourth-order valence-corrected chi connectivity index (χ4v) is 2.06. The second kappa shape index (κ2) is 5.31. The molecule has 0 spiro atoms. The molecule has 1 N–H and O–H groups in total. The first-order valence-corrected chi connectivity index (χ1v) is 6.51. The number of nitriles is 1. The van der Waals surface area contributed by atoms with Crippen LogP contribution >= 0.6 is 11.6 Å². The number of halogens is 1. The molecule has 0 bridgehead atoms. The number of rotatable bonds is 2. The Morgan fingerprint density at radius 3 is 2.71 bits per heavy atom. The minimum Gasteiger partial charge on any atom is -0.508 e. The van der Waals surface area contributed by atoms with E-state index in [2.05, 4.69) is 11.1 Å². The van der Waals surface area contributed by atoms with Crippen LogP contribution in [0.5, 0.6) is 5.75 Å². The van der Waals surface area contributed by atoms with Crippen LogP contribution in [0, 0.1) is 11.3 Å². The van der Waals surface area contributed by atoms with Gasteiger partial charge in [0.25, 0.3) is 0 Å². The lowest BCUT2D eigenvalue weighted by atomic mass is 10.1. The van der Waals surface area contributed by atoms with E-state index >= 15 is 0 Å². The molecule has 5 heteroatoms. The molecule has 0 unspecified atom stereocenters. The van der Waals surface area contributed by atoms with Crippen molar-refractivity contribution in [3.63, 3.8) is 0 Å². The molecule has 0 saturated heterocycles. The molecular formula is C16H9ClN2O2. The zero-order valence-electron chi connectivity index (χ0n) is 10.7. The number of benzene rings is 2. The van der Waals surface area contributed by atoms with Gasteiger partial charge in [-0.05, 0) is 42.0 Å². The van der Waals surface area contributed by atoms with Gasteiger partial charge >= 0.3 is 0 Å². The molecule has 0 aliphatic rings. The summed E-state index contributed by atoms with van der Waals surface area (Å²) >= 11 is 5.90. The Balaban J connectivity index is 2.05. The smallest absolute Gasteiger partial charge is 0.238 e. The zero-order chi connectivity index (χ0) is 14.8. The van der Waals surface area contributed by atoms with E-state index < -0.39 is 0 Å². The molecule has 3 aromatic rings. The van der Waals surface area contributed by atoms with E-state index in [9.17, 15) is 10.4 Å². The van der Waals surface area contributed by atoms with Crippen molar-refractivity contribution in [2.24, 2.45) is 0 Å². The largest absolute Gasteiger partial charge is 0.508 e. The van der Waals surface area contributed by atoms with E-state index in [1.165, 1.54) is 0 Å². The van der Waals surface area contributed by atoms with Crippen molar-refractivity contribution in [2.75, 3.05) is 0 Å². The molecule has 4 nitrogen and oxygen atoms in total.